The molecule has 1 aromatic rings. The summed E-state index contributed by atoms with van der Waals surface area (Å²) in [5.41, 5.74) is 5.21. The second kappa shape index (κ2) is 6.61. The summed E-state index contributed by atoms with van der Waals surface area (Å²) in [5.74, 6) is 0.237. The minimum absolute atomic E-state index is 0.126. The molecule has 2 unspecified atom stereocenters. The lowest BCUT2D eigenvalue weighted by atomic mass is 9.96. The molecule has 3 heteroatoms. The lowest BCUT2D eigenvalue weighted by Crippen LogP contribution is -2.44. The Hall–Kier alpha value is -1.35. The molecule has 0 spiro atoms. The zero-order valence-electron chi connectivity index (χ0n) is 14.0. The summed E-state index contributed by atoms with van der Waals surface area (Å²) in [6, 6.07) is 4.54. The summed E-state index contributed by atoms with van der Waals surface area (Å²) < 4.78 is 0. The van der Waals surface area contributed by atoms with Gasteiger partial charge in [0.25, 0.3) is 0 Å². The first-order valence-electron chi connectivity index (χ1n) is 8.02. The minimum Gasteiger partial charge on any atom is -0.341 e. The number of carbonyl (C=O) groups is 1. The van der Waals surface area contributed by atoms with Crippen LogP contribution in [0.1, 0.15) is 55.0 Å². The summed E-state index contributed by atoms with van der Waals surface area (Å²) in [4.78, 5) is 14.4. The van der Waals surface area contributed by atoms with Gasteiger partial charge in [-0.1, -0.05) is 12.1 Å². The Morgan fingerprint density at radius 3 is 2.24 bits per heavy atom. The van der Waals surface area contributed by atoms with Crippen molar-refractivity contribution in [2.45, 2.75) is 59.5 Å². The molecule has 1 amide bonds. The number of carbonyl (C=O) groups excluding carboxylic acids is 1. The van der Waals surface area contributed by atoms with Crippen LogP contribution in [-0.2, 0) is 4.79 Å². The maximum Gasteiger partial charge on any atom is 0.239 e. The average Bonchev–Trinajstić information content (AvgIpc) is 2.95. The van der Waals surface area contributed by atoms with Crippen molar-refractivity contribution >= 4 is 5.91 Å². The predicted molar refractivity (Wildman–Crippen MR) is 87.5 cm³/mol. The van der Waals surface area contributed by atoms with Gasteiger partial charge in [-0.25, -0.2) is 0 Å². The Labute approximate surface area is 128 Å². The lowest BCUT2D eigenvalue weighted by Gasteiger charge is -2.25. The molecular weight excluding hydrogens is 260 g/mol. The normalized spacial score (nSPS) is 17.9. The number of aryl methyl sites for hydroxylation is 3. The number of amides is 1. The van der Waals surface area contributed by atoms with Crippen LogP contribution >= 0.6 is 0 Å². The van der Waals surface area contributed by atoms with Crippen LogP contribution in [0.2, 0.25) is 0 Å². The maximum atomic E-state index is 12.4. The first-order valence-corrected chi connectivity index (χ1v) is 8.02. The van der Waals surface area contributed by atoms with Gasteiger partial charge in [-0.05, 0) is 69.7 Å². The van der Waals surface area contributed by atoms with Gasteiger partial charge in [0.2, 0.25) is 5.91 Å². The molecule has 1 heterocycles. The number of nitrogens with one attached hydrogen (secondary N) is 1. The van der Waals surface area contributed by atoms with Crippen molar-refractivity contribution in [1.29, 1.82) is 0 Å². The van der Waals surface area contributed by atoms with Gasteiger partial charge in [0, 0.05) is 19.1 Å². The van der Waals surface area contributed by atoms with E-state index in [-0.39, 0.29) is 18.0 Å². The van der Waals surface area contributed by atoms with Gasteiger partial charge in [-0.3, -0.25) is 10.1 Å². The second-order valence-corrected chi connectivity index (χ2v) is 6.44. The van der Waals surface area contributed by atoms with Crippen LogP contribution in [0.4, 0.5) is 0 Å². The van der Waals surface area contributed by atoms with Gasteiger partial charge in [0.1, 0.15) is 0 Å². The van der Waals surface area contributed by atoms with Crippen LogP contribution in [0, 0.1) is 20.8 Å². The summed E-state index contributed by atoms with van der Waals surface area (Å²) in [5, 5.41) is 3.47. The first kappa shape index (κ1) is 16.0. The molecule has 1 aliphatic rings. The molecule has 1 aromatic carbocycles. The quantitative estimate of drug-likeness (QED) is 0.922. The molecule has 0 saturated carbocycles. The van der Waals surface area contributed by atoms with Gasteiger partial charge in [-0.15, -0.1) is 0 Å². The summed E-state index contributed by atoms with van der Waals surface area (Å²) in [6.45, 7) is 12.4. The van der Waals surface area contributed by atoms with Gasteiger partial charge in [0.15, 0.2) is 0 Å². The van der Waals surface area contributed by atoms with Crippen LogP contribution in [0.25, 0.3) is 0 Å². The van der Waals surface area contributed by atoms with Crippen molar-refractivity contribution < 1.29 is 4.79 Å². The molecule has 116 valence electrons. The van der Waals surface area contributed by atoms with E-state index >= 15 is 0 Å². The van der Waals surface area contributed by atoms with E-state index in [1.165, 1.54) is 22.3 Å². The van der Waals surface area contributed by atoms with Crippen molar-refractivity contribution in [3.63, 3.8) is 0 Å². The fraction of sp³-hybridized carbons (Fsp3) is 0.611. The zero-order valence-corrected chi connectivity index (χ0v) is 14.0. The standard InChI is InChI=1S/C18H28N2O/c1-12-10-14(3)17(11-13(12)2)15(4)19-16(5)18(21)20-8-6-7-9-20/h10-11,15-16,19H,6-9H2,1-5H3. The van der Waals surface area contributed by atoms with Crippen molar-refractivity contribution in [2.24, 2.45) is 0 Å². The Kier molecular flexibility index (Phi) is 5.04. The molecule has 0 aromatic heterocycles. The summed E-state index contributed by atoms with van der Waals surface area (Å²) in [6.07, 6.45) is 2.29. The van der Waals surface area contributed by atoms with E-state index in [0.29, 0.717) is 0 Å². The molecule has 1 aliphatic heterocycles. The van der Waals surface area contributed by atoms with Crippen LogP contribution < -0.4 is 5.32 Å². The van der Waals surface area contributed by atoms with E-state index in [1.54, 1.807) is 0 Å². The number of rotatable bonds is 4. The highest BCUT2D eigenvalue weighted by Crippen LogP contribution is 2.22. The van der Waals surface area contributed by atoms with Crippen molar-refractivity contribution in [3.8, 4) is 0 Å². The lowest BCUT2D eigenvalue weighted by molar-refractivity contribution is -0.132. The third kappa shape index (κ3) is 3.65. The molecule has 1 saturated heterocycles. The number of hydrogen-bond donors (Lipinski definition) is 1. The predicted octanol–water partition coefficient (Wildman–Crippen LogP) is 3.27. The Morgan fingerprint density at radius 2 is 1.62 bits per heavy atom. The molecule has 0 bridgehead atoms. The third-order valence-electron chi connectivity index (χ3n) is 4.64. The van der Waals surface area contributed by atoms with Gasteiger partial charge < -0.3 is 4.90 Å². The number of benzene rings is 1. The van der Waals surface area contributed by atoms with Gasteiger partial charge >= 0.3 is 0 Å². The molecule has 2 atom stereocenters. The monoisotopic (exact) mass is 288 g/mol. The highest BCUT2D eigenvalue weighted by molar-refractivity contribution is 5.81. The van der Waals surface area contributed by atoms with Crippen LogP contribution in [0.3, 0.4) is 0 Å². The molecule has 1 fully saturated rings. The van der Waals surface area contributed by atoms with E-state index in [1.807, 2.05) is 11.8 Å². The van der Waals surface area contributed by atoms with Crippen molar-refractivity contribution in [1.82, 2.24) is 10.2 Å². The highest BCUT2D eigenvalue weighted by atomic mass is 16.2. The first-order chi connectivity index (χ1) is 9.90. The van der Waals surface area contributed by atoms with E-state index in [9.17, 15) is 4.79 Å². The van der Waals surface area contributed by atoms with Gasteiger partial charge in [-0.2, -0.15) is 0 Å². The second-order valence-electron chi connectivity index (χ2n) is 6.44. The largest absolute Gasteiger partial charge is 0.341 e. The topological polar surface area (TPSA) is 32.3 Å². The average molecular weight is 288 g/mol. The van der Waals surface area contributed by atoms with Crippen LogP contribution in [0.5, 0.6) is 0 Å². The zero-order chi connectivity index (χ0) is 15.6. The molecule has 2 rings (SSSR count). The number of hydrogen-bond acceptors (Lipinski definition) is 2. The smallest absolute Gasteiger partial charge is 0.239 e. The number of nitrogens with zero attached hydrogens (tertiary/aromatic N) is 1. The SMILES string of the molecule is Cc1cc(C)c(C(C)NC(C)C(=O)N2CCCC2)cc1C. The van der Waals surface area contributed by atoms with E-state index in [4.69, 9.17) is 0 Å². The summed E-state index contributed by atoms with van der Waals surface area (Å²) in [7, 11) is 0. The molecule has 1 N–H and O–H groups in total. The molecule has 3 nitrogen and oxygen atoms in total. The third-order valence-corrected chi connectivity index (χ3v) is 4.64. The maximum absolute atomic E-state index is 12.4. The Bertz CT molecular complexity index is 518. The Morgan fingerprint density at radius 1 is 1.05 bits per heavy atom. The minimum atomic E-state index is -0.126. The van der Waals surface area contributed by atoms with Gasteiger partial charge in [0.05, 0.1) is 6.04 Å². The fourth-order valence-corrected chi connectivity index (χ4v) is 3.20. The molecule has 0 radical (unpaired) electrons. The highest BCUT2D eigenvalue weighted by Gasteiger charge is 2.24. The molecular formula is C18H28N2O. The van der Waals surface area contributed by atoms with Crippen LogP contribution in [0.15, 0.2) is 12.1 Å². The Balaban J connectivity index is 2.05. The van der Waals surface area contributed by atoms with Crippen LogP contribution in [-0.4, -0.2) is 29.9 Å². The van der Waals surface area contributed by atoms with E-state index in [0.717, 1.165) is 25.9 Å². The number of likely N-dealkylation sites (tertiary alicyclic amines) is 1. The fourth-order valence-electron chi connectivity index (χ4n) is 3.20. The van der Waals surface area contributed by atoms with E-state index < -0.39 is 0 Å². The summed E-state index contributed by atoms with van der Waals surface area (Å²) >= 11 is 0. The van der Waals surface area contributed by atoms with Crippen molar-refractivity contribution in [3.05, 3.63) is 34.4 Å². The molecule has 0 aliphatic carbocycles. The van der Waals surface area contributed by atoms with Crippen molar-refractivity contribution in [2.75, 3.05) is 13.1 Å². The van der Waals surface area contributed by atoms with E-state index in [2.05, 4.69) is 45.1 Å². The molecule has 21 heavy (non-hydrogen) atoms.